The minimum Gasteiger partial charge on any atom is -0.399 e. The molecule has 0 saturated carbocycles. The van der Waals surface area contributed by atoms with Gasteiger partial charge in [-0.15, -0.1) is 0 Å². The fourth-order valence-electron chi connectivity index (χ4n) is 12.6. The van der Waals surface area contributed by atoms with E-state index >= 15 is 0 Å². The van der Waals surface area contributed by atoms with E-state index in [9.17, 15) is 28.8 Å². The molecular weight excluding hydrogens is 1210 g/mol. The topological polar surface area (TPSA) is 268 Å². The zero-order chi connectivity index (χ0) is 64.5. The molecule has 28 heteroatoms. The molecule has 482 valence electrons. The molecule has 10 aromatic heterocycles. The van der Waals surface area contributed by atoms with Crippen LogP contribution in [0.2, 0.25) is 5.02 Å². The average Bonchev–Trinajstić information content (AvgIpc) is 1.69. The lowest BCUT2D eigenvalue weighted by molar-refractivity contribution is 0.00578. The van der Waals surface area contributed by atoms with Gasteiger partial charge in [-0.25, -0.2) is 9.97 Å². The van der Waals surface area contributed by atoms with Crippen LogP contribution < -0.4 is 38.3 Å². The van der Waals surface area contributed by atoms with Gasteiger partial charge in [-0.2, -0.15) is 29.8 Å². The molecule has 93 heavy (non-hydrogen) atoms. The number of fused-ring (bicyclic) bond motifs is 8. The number of aldehydes is 2. The molecule has 0 amide bonds. The first-order chi connectivity index (χ1) is 44.2. The van der Waals surface area contributed by atoms with E-state index in [1.165, 1.54) is 21.5 Å². The Balaban J connectivity index is 0.000000140. The lowest BCUT2D eigenvalue weighted by Crippen LogP contribution is -2.41. The molecule has 10 aromatic rings. The number of rotatable bonds is 10. The Morgan fingerprint density at radius 3 is 1.57 bits per heavy atom. The number of likely N-dealkylation sites (N-methyl/N-ethyl adjacent to an activating group) is 2. The summed E-state index contributed by atoms with van der Waals surface area (Å²) >= 11 is 6.01. The van der Waals surface area contributed by atoms with Gasteiger partial charge in [0, 0.05) is 136 Å². The third-order valence-corrected chi connectivity index (χ3v) is 18.6. The Hall–Kier alpha value is -9.41. The number of carbonyl (C=O) groups is 2. The lowest BCUT2D eigenvalue weighted by Gasteiger charge is -2.32. The molecule has 0 spiro atoms. The van der Waals surface area contributed by atoms with Gasteiger partial charge in [0.05, 0.1) is 75.0 Å². The van der Waals surface area contributed by atoms with E-state index in [0.29, 0.717) is 57.5 Å². The number of halogens is 1. The van der Waals surface area contributed by atoms with Crippen LogP contribution in [-0.4, -0.2) is 135 Å². The van der Waals surface area contributed by atoms with Crippen LogP contribution in [0.1, 0.15) is 104 Å². The van der Waals surface area contributed by atoms with Gasteiger partial charge in [-0.3, -0.25) is 47.9 Å². The third-order valence-electron chi connectivity index (χ3n) is 18.3. The van der Waals surface area contributed by atoms with Crippen LogP contribution in [0.15, 0.2) is 105 Å². The first-order valence-electron chi connectivity index (χ1n) is 30.7. The summed E-state index contributed by atoms with van der Waals surface area (Å²) < 4.78 is 25.8. The van der Waals surface area contributed by atoms with Crippen molar-refractivity contribution >= 4 is 81.3 Å². The highest BCUT2D eigenvalue weighted by Gasteiger charge is 2.52. The molecule has 1 saturated heterocycles. The number of aromatic nitrogens is 14. The van der Waals surface area contributed by atoms with Crippen molar-refractivity contribution in [1.29, 1.82) is 0 Å². The standard InChI is InChI=1S/C29H29N9O3.C19H28BN5O3.C16H13ClN4O2.CH4/c1-34-9-10-37-19(15-34)12-26(33-37)32-24-11-18(14-35(2)29(24)41)20-6-7-30-27(23(20)17-39)38-28(40)22-16-36-8-4-3-5-25(36)21(22)13-31-38;1-18(2)19(3,4)28-20(27-18)13-9-15(17(26)24(6)11-13)21-16-10-14-12-23(5)7-8-25(14)22-16;17-13-4-5-18-15(12(13)9-22)21-16(23)11-8-20-6-2-1-3-14(20)10(11)7-19-21;/h6-7,11-14,16-17H,3-5,8-10,15H2,1-2H3,(H,32,33);9-11H,7-8,12H2,1-6H3,(H,21,22);4-5,7-9H,1-3,6H2;1H4. The molecule has 2 N–H and O–H groups in total. The Morgan fingerprint density at radius 1 is 0.570 bits per heavy atom. The van der Waals surface area contributed by atoms with E-state index in [0.717, 1.165) is 135 Å². The van der Waals surface area contributed by atoms with Crippen LogP contribution >= 0.6 is 11.6 Å². The second-order valence-electron chi connectivity index (χ2n) is 25.2. The molecule has 0 aliphatic carbocycles. The van der Waals surface area contributed by atoms with Crippen LogP contribution in [0.3, 0.4) is 0 Å². The van der Waals surface area contributed by atoms with Crippen molar-refractivity contribution < 1.29 is 18.9 Å². The SMILES string of the molecule is C.CN1CCn2nc(Nc3cc(-c4ccnc(-n5ncc6c7n(cc6c5=O)CCCC7)c4C=O)cn(C)c3=O)cc2C1.CN1CCn2nc(Nc3cc(B4OC(C)(C)C(C)(C)O4)cn(C)c3=O)cc2C1.O=Cc1c(Cl)ccnc1-n1ncc2c3n(cc2c1=O)CCCC3. The van der Waals surface area contributed by atoms with Gasteiger partial charge in [-0.05, 0) is 110 Å². The third kappa shape index (κ3) is 12.0. The first-order valence-corrected chi connectivity index (χ1v) is 31.1. The maximum atomic E-state index is 13.6. The number of aryl methyl sites for hydroxylation is 6. The highest BCUT2D eigenvalue weighted by Crippen LogP contribution is 2.37. The van der Waals surface area contributed by atoms with Crippen LogP contribution in [0.25, 0.3) is 44.3 Å². The van der Waals surface area contributed by atoms with Gasteiger partial charge in [0.1, 0.15) is 11.4 Å². The minimum absolute atomic E-state index is 0. The maximum Gasteiger partial charge on any atom is 0.496 e. The maximum absolute atomic E-state index is 13.6. The van der Waals surface area contributed by atoms with E-state index in [4.69, 9.17) is 20.9 Å². The minimum atomic E-state index is -0.527. The number of pyridine rings is 4. The van der Waals surface area contributed by atoms with Crippen molar-refractivity contribution in [3.05, 3.63) is 166 Å². The van der Waals surface area contributed by atoms with Crippen molar-refractivity contribution in [2.45, 2.75) is 124 Å². The number of carbonyl (C=O) groups excluding carboxylic acids is 2. The fourth-order valence-corrected chi connectivity index (χ4v) is 12.8. The number of hydrogen-bond acceptors (Lipinski definition) is 18. The molecule has 1 fully saturated rings. The monoisotopic (exact) mass is 1280 g/mol. The Labute approximate surface area is 540 Å². The summed E-state index contributed by atoms with van der Waals surface area (Å²) in [6.45, 7) is 15.0. The highest BCUT2D eigenvalue weighted by atomic mass is 35.5. The lowest BCUT2D eigenvalue weighted by atomic mass is 9.80. The molecule has 0 atom stereocenters. The van der Waals surface area contributed by atoms with Gasteiger partial charge in [0.25, 0.3) is 22.2 Å². The summed E-state index contributed by atoms with van der Waals surface area (Å²) in [4.78, 5) is 88.9. The number of nitrogens with zero attached hydrogens (tertiary/aromatic N) is 16. The Kier molecular flexibility index (Phi) is 17.3. The first kappa shape index (κ1) is 63.7. The summed E-state index contributed by atoms with van der Waals surface area (Å²) in [6.07, 6.45) is 21.0. The molecular formula is C65H74BClN18O8. The zero-order valence-corrected chi connectivity index (χ0v) is 53.3. The molecule has 5 aliphatic rings. The highest BCUT2D eigenvalue weighted by molar-refractivity contribution is 6.62. The van der Waals surface area contributed by atoms with Crippen LogP contribution in [0, 0.1) is 0 Å². The predicted molar refractivity (Wildman–Crippen MR) is 356 cm³/mol. The summed E-state index contributed by atoms with van der Waals surface area (Å²) in [5, 5.41) is 27.3. The molecule has 0 aromatic carbocycles. The van der Waals surface area contributed by atoms with Gasteiger partial charge >= 0.3 is 7.12 Å². The van der Waals surface area contributed by atoms with E-state index < -0.39 is 18.3 Å². The molecule has 0 unspecified atom stereocenters. The Bertz CT molecular complexity index is 4820. The van der Waals surface area contributed by atoms with E-state index in [-0.39, 0.29) is 57.4 Å². The largest absolute Gasteiger partial charge is 0.496 e. The van der Waals surface area contributed by atoms with E-state index in [2.05, 4.69) is 74.0 Å². The van der Waals surface area contributed by atoms with Crippen molar-refractivity contribution in [1.82, 2.24) is 77.2 Å². The second kappa shape index (κ2) is 25.2. The van der Waals surface area contributed by atoms with Crippen LogP contribution in [0.5, 0.6) is 0 Å². The quantitative estimate of drug-likeness (QED) is 0.108. The number of anilines is 4. The summed E-state index contributed by atoms with van der Waals surface area (Å²) in [7, 11) is 7.01. The van der Waals surface area contributed by atoms with Crippen LogP contribution in [0.4, 0.5) is 23.0 Å². The molecule has 0 bridgehead atoms. The molecule has 0 radical (unpaired) electrons. The van der Waals surface area contributed by atoms with E-state index in [1.54, 1.807) is 67.8 Å². The van der Waals surface area contributed by atoms with Gasteiger partial charge in [0.15, 0.2) is 35.8 Å². The summed E-state index contributed by atoms with van der Waals surface area (Å²) in [6, 6.07) is 10.6. The molecule has 15 heterocycles. The van der Waals surface area contributed by atoms with Gasteiger partial charge in [0.2, 0.25) is 0 Å². The van der Waals surface area contributed by atoms with Crippen molar-refractivity contribution in [2.75, 3.05) is 37.8 Å². The molecule has 15 rings (SSSR count). The van der Waals surface area contributed by atoms with Crippen molar-refractivity contribution in [3.8, 4) is 22.8 Å². The second-order valence-corrected chi connectivity index (χ2v) is 25.6. The normalized spacial score (nSPS) is 16.4. The van der Waals surface area contributed by atoms with Crippen molar-refractivity contribution in [2.24, 2.45) is 14.1 Å². The van der Waals surface area contributed by atoms with Crippen molar-refractivity contribution in [3.63, 3.8) is 0 Å². The zero-order valence-electron chi connectivity index (χ0n) is 52.5. The summed E-state index contributed by atoms with van der Waals surface area (Å²) in [5.74, 6) is 1.55. The number of nitrogens with one attached hydrogen (secondary N) is 2. The number of hydrogen-bond donors (Lipinski definition) is 2. The molecule has 5 aliphatic heterocycles. The predicted octanol–water partition coefficient (Wildman–Crippen LogP) is 6.57. The molecule has 26 nitrogen and oxygen atoms in total. The Morgan fingerprint density at radius 2 is 1.05 bits per heavy atom. The smallest absolute Gasteiger partial charge is 0.399 e. The van der Waals surface area contributed by atoms with Gasteiger partial charge < -0.3 is 38.2 Å². The summed E-state index contributed by atoms with van der Waals surface area (Å²) in [5.41, 5.74) is 5.70. The van der Waals surface area contributed by atoms with Gasteiger partial charge in [-0.1, -0.05) is 19.0 Å². The van der Waals surface area contributed by atoms with E-state index in [1.807, 2.05) is 61.6 Å². The van der Waals surface area contributed by atoms with Crippen LogP contribution in [-0.2, 0) is 75.5 Å². The average molecular weight is 1280 g/mol. The fraction of sp³-hybridized carbons (Fsp3) is 0.385.